The lowest BCUT2D eigenvalue weighted by Crippen LogP contribution is -2.40. The minimum Gasteiger partial charge on any atom is -0.490 e. The molecule has 122 valence electrons. The van der Waals surface area contributed by atoms with Gasteiger partial charge in [0.1, 0.15) is 5.75 Å². The third-order valence-electron chi connectivity index (χ3n) is 4.22. The minimum atomic E-state index is -0.266. The van der Waals surface area contributed by atoms with Crippen LogP contribution in [0.4, 0.5) is 10.5 Å². The molecule has 0 aromatic heterocycles. The normalized spacial score (nSPS) is 17.8. The van der Waals surface area contributed by atoms with E-state index >= 15 is 0 Å². The molecule has 1 saturated carbocycles. The molecular weight excluding hydrogens is 280 g/mol. The van der Waals surface area contributed by atoms with Crippen molar-refractivity contribution < 1.29 is 14.6 Å². The largest absolute Gasteiger partial charge is 0.490 e. The molecule has 1 aliphatic carbocycles. The minimum absolute atomic E-state index is 0.0212. The van der Waals surface area contributed by atoms with E-state index < -0.39 is 0 Å². The Morgan fingerprint density at radius 2 is 1.91 bits per heavy atom. The molecule has 1 fully saturated rings. The highest BCUT2D eigenvalue weighted by atomic mass is 16.5. The van der Waals surface area contributed by atoms with Gasteiger partial charge in [-0.15, -0.1) is 0 Å². The average Bonchev–Trinajstić information content (AvgIpc) is 3.01. The number of aliphatic hydroxyl groups excluding tert-OH is 1. The predicted octanol–water partition coefficient (Wildman–Crippen LogP) is 3.15. The molecule has 2 unspecified atom stereocenters. The first kappa shape index (κ1) is 16.6. The van der Waals surface area contributed by atoms with E-state index in [0.29, 0.717) is 6.10 Å². The number of ether oxygens (including phenoxy) is 1. The summed E-state index contributed by atoms with van der Waals surface area (Å²) in [7, 11) is 0. The smallest absolute Gasteiger partial charge is 0.319 e. The molecule has 22 heavy (non-hydrogen) atoms. The maximum absolute atomic E-state index is 11.9. The monoisotopic (exact) mass is 306 g/mol. The van der Waals surface area contributed by atoms with Crippen molar-refractivity contribution >= 4 is 11.7 Å². The van der Waals surface area contributed by atoms with Gasteiger partial charge in [-0.3, -0.25) is 0 Å². The molecule has 1 aliphatic rings. The van der Waals surface area contributed by atoms with Gasteiger partial charge < -0.3 is 20.5 Å². The van der Waals surface area contributed by atoms with Crippen molar-refractivity contribution in [1.29, 1.82) is 0 Å². The Morgan fingerprint density at radius 3 is 2.50 bits per heavy atom. The van der Waals surface area contributed by atoms with Crippen LogP contribution < -0.4 is 15.4 Å². The Hall–Kier alpha value is -1.75. The molecule has 0 aliphatic heterocycles. The summed E-state index contributed by atoms with van der Waals surface area (Å²) in [6.07, 6.45) is 5.08. The summed E-state index contributed by atoms with van der Waals surface area (Å²) < 4.78 is 5.89. The maximum atomic E-state index is 11.9. The van der Waals surface area contributed by atoms with Crippen LogP contribution in [0, 0.1) is 5.92 Å². The summed E-state index contributed by atoms with van der Waals surface area (Å²) in [4.78, 5) is 11.9. The quantitative estimate of drug-likeness (QED) is 0.756. The summed E-state index contributed by atoms with van der Waals surface area (Å²) >= 11 is 0. The Kier molecular flexibility index (Phi) is 6.07. The van der Waals surface area contributed by atoms with Crippen molar-refractivity contribution in [3.63, 3.8) is 0 Å². The molecule has 2 atom stereocenters. The summed E-state index contributed by atoms with van der Waals surface area (Å²) in [5.74, 6) is 0.869. The number of aliphatic hydroxyl groups is 1. The second kappa shape index (κ2) is 8.03. The van der Waals surface area contributed by atoms with E-state index in [0.717, 1.165) is 24.3 Å². The molecule has 1 aromatic carbocycles. The summed E-state index contributed by atoms with van der Waals surface area (Å²) in [6, 6.07) is 7.09. The summed E-state index contributed by atoms with van der Waals surface area (Å²) in [5.41, 5.74) is 0.722. The van der Waals surface area contributed by atoms with Gasteiger partial charge in [0, 0.05) is 18.3 Å². The Bertz CT molecular complexity index is 469. The molecular formula is C17H26N2O3. The first-order valence-electron chi connectivity index (χ1n) is 8.03. The van der Waals surface area contributed by atoms with Gasteiger partial charge >= 0.3 is 6.03 Å². The van der Waals surface area contributed by atoms with Crippen LogP contribution >= 0.6 is 0 Å². The number of carbonyl (C=O) groups excluding carboxylic acids is 1. The molecule has 5 heteroatoms. The fourth-order valence-corrected chi connectivity index (χ4v) is 2.49. The number of amides is 2. The Balaban J connectivity index is 1.81. The van der Waals surface area contributed by atoms with Crippen LogP contribution in [-0.2, 0) is 0 Å². The summed E-state index contributed by atoms with van der Waals surface area (Å²) in [6.45, 7) is 3.81. The van der Waals surface area contributed by atoms with E-state index in [1.54, 1.807) is 0 Å². The highest BCUT2D eigenvalue weighted by Gasteiger charge is 2.16. The fraction of sp³-hybridized carbons (Fsp3) is 0.588. The second-order valence-electron chi connectivity index (χ2n) is 6.10. The second-order valence-corrected chi connectivity index (χ2v) is 6.10. The fourth-order valence-electron chi connectivity index (χ4n) is 2.49. The Labute approximate surface area is 132 Å². The molecule has 5 nitrogen and oxygen atoms in total. The van der Waals surface area contributed by atoms with Gasteiger partial charge in [0.05, 0.1) is 6.10 Å². The molecule has 0 heterocycles. The van der Waals surface area contributed by atoms with Crippen molar-refractivity contribution in [3.8, 4) is 5.75 Å². The molecule has 0 radical (unpaired) electrons. The number of anilines is 1. The van der Waals surface area contributed by atoms with Crippen LogP contribution in [0.15, 0.2) is 24.3 Å². The van der Waals surface area contributed by atoms with Crippen LogP contribution in [0.3, 0.4) is 0 Å². The number of urea groups is 1. The lowest BCUT2D eigenvalue weighted by Gasteiger charge is -2.19. The standard InChI is InChI=1S/C17H26N2O3/c1-12(11-20)13(2)18-17(21)19-14-7-9-16(10-8-14)22-15-5-3-4-6-15/h7-10,12-13,15,20H,3-6,11H2,1-2H3,(H2,18,19,21). The van der Waals surface area contributed by atoms with Gasteiger partial charge in [0.15, 0.2) is 0 Å². The van der Waals surface area contributed by atoms with Gasteiger partial charge in [0.25, 0.3) is 0 Å². The van der Waals surface area contributed by atoms with E-state index in [-0.39, 0.29) is 24.6 Å². The highest BCUT2D eigenvalue weighted by Crippen LogP contribution is 2.24. The van der Waals surface area contributed by atoms with Gasteiger partial charge in [0.2, 0.25) is 0 Å². The number of nitrogens with one attached hydrogen (secondary N) is 2. The number of hydrogen-bond acceptors (Lipinski definition) is 3. The summed E-state index contributed by atoms with van der Waals surface area (Å²) in [5, 5.41) is 14.7. The number of hydrogen-bond donors (Lipinski definition) is 3. The van der Waals surface area contributed by atoms with Crippen LogP contribution in [0.2, 0.25) is 0 Å². The van der Waals surface area contributed by atoms with E-state index in [2.05, 4.69) is 10.6 Å². The molecule has 2 amide bonds. The van der Waals surface area contributed by atoms with Crippen molar-refractivity contribution in [3.05, 3.63) is 24.3 Å². The maximum Gasteiger partial charge on any atom is 0.319 e. The van der Waals surface area contributed by atoms with Gasteiger partial charge in [-0.2, -0.15) is 0 Å². The van der Waals surface area contributed by atoms with Crippen LogP contribution in [-0.4, -0.2) is 29.9 Å². The third-order valence-corrected chi connectivity index (χ3v) is 4.22. The third kappa shape index (κ3) is 4.91. The number of benzene rings is 1. The predicted molar refractivity (Wildman–Crippen MR) is 87.2 cm³/mol. The van der Waals surface area contributed by atoms with Crippen molar-refractivity contribution in [2.75, 3.05) is 11.9 Å². The SMILES string of the molecule is CC(CO)C(C)NC(=O)Nc1ccc(OC2CCCC2)cc1. The van der Waals surface area contributed by atoms with Crippen LogP contribution in [0.1, 0.15) is 39.5 Å². The van der Waals surface area contributed by atoms with E-state index in [1.165, 1.54) is 12.8 Å². The number of rotatable bonds is 6. The van der Waals surface area contributed by atoms with Crippen LogP contribution in [0.5, 0.6) is 5.75 Å². The van der Waals surface area contributed by atoms with Crippen molar-refractivity contribution in [2.24, 2.45) is 5.92 Å². The zero-order valence-corrected chi connectivity index (χ0v) is 13.3. The van der Waals surface area contributed by atoms with Crippen molar-refractivity contribution in [1.82, 2.24) is 5.32 Å². The Morgan fingerprint density at radius 1 is 1.27 bits per heavy atom. The molecule has 1 aromatic rings. The van der Waals surface area contributed by atoms with Crippen molar-refractivity contribution in [2.45, 2.75) is 51.7 Å². The number of carbonyl (C=O) groups is 1. The zero-order valence-electron chi connectivity index (χ0n) is 13.3. The molecule has 2 rings (SSSR count). The topological polar surface area (TPSA) is 70.6 Å². The van der Waals surface area contributed by atoms with Gasteiger partial charge in [-0.25, -0.2) is 4.79 Å². The van der Waals surface area contributed by atoms with E-state index in [4.69, 9.17) is 9.84 Å². The first-order valence-corrected chi connectivity index (χ1v) is 8.03. The molecule has 0 spiro atoms. The first-order chi connectivity index (χ1) is 10.6. The zero-order chi connectivity index (χ0) is 15.9. The van der Waals surface area contributed by atoms with E-state index in [1.807, 2.05) is 38.1 Å². The van der Waals surface area contributed by atoms with Gasteiger partial charge in [-0.05, 0) is 62.8 Å². The highest BCUT2D eigenvalue weighted by molar-refractivity contribution is 5.89. The lowest BCUT2D eigenvalue weighted by atomic mass is 10.1. The van der Waals surface area contributed by atoms with E-state index in [9.17, 15) is 4.79 Å². The molecule has 3 N–H and O–H groups in total. The molecule has 0 saturated heterocycles. The van der Waals surface area contributed by atoms with Gasteiger partial charge in [-0.1, -0.05) is 6.92 Å². The van der Waals surface area contributed by atoms with Crippen LogP contribution in [0.25, 0.3) is 0 Å². The average molecular weight is 306 g/mol. The molecule has 0 bridgehead atoms. The lowest BCUT2D eigenvalue weighted by molar-refractivity contribution is 0.204.